The van der Waals surface area contributed by atoms with Gasteiger partial charge in [0.25, 0.3) is 11.5 Å². The second-order valence-corrected chi connectivity index (χ2v) is 7.21. The molecule has 1 aliphatic heterocycles. The fourth-order valence-corrected chi connectivity index (χ4v) is 3.14. The molecule has 0 aliphatic carbocycles. The number of nitrogens with one attached hydrogen (secondary N) is 1. The predicted molar refractivity (Wildman–Crippen MR) is 96.8 cm³/mol. The summed E-state index contributed by atoms with van der Waals surface area (Å²) in [7, 11) is 0. The molecule has 0 bridgehead atoms. The summed E-state index contributed by atoms with van der Waals surface area (Å²) in [6.45, 7) is 4.14. The van der Waals surface area contributed by atoms with E-state index in [1.807, 2.05) is 0 Å². The van der Waals surface area contributed by atoms with Crippen molar-refractivity contribution in [3.63, 3.8) is 0 Å². The number of carbonyl (C=O) groups is 1. The Bertz CT molecular complexity index is 940. The molecule has 2 aromatic rings. The van der Waals surface area contributed by atoms with Crippen molar-refractivity contribution >= 4 is 29.1 Å². The largest absolute Gasteiger partial charge is 0.501 e. The third-order valence-corrected chi connectivity index (χ3v) is 4.73. The summed E-state index contributed by atoms with van der Waals surface area (Å²) in [4.78, 5) is 29.1. The van der Waals surface area contributed by atoms with Crippen molar-refractivity contribution in [2.24, 2.45) is 0 Å². The highest BCUT2D eigenvalue weighted by Gasteiger charge is 2.34. The minimum atomic E-state index is -0.851. The third kappa shape index (κ3) is 3.42. The van der Waals surface area contributed by atoms with Crippen LogP contribution in [0.4, 0.5) is 0 Å². The minimum absolute atomic E-state index is 0.0671. The van der Waals surface area contributed by atoms with Crippen LogP contribution in [0.1, 0.15) is 35.7 Å². The molecule has 1 aromatic heterocycles. The summed E-state index contributed by atoms with van der Waals surface area (Å²) >= 11 is 12.0. The van der Waals surface area contributed by atoms with E-state index < -0.39 is 22.8 Å². The highest BCUT2D eigenvalue weighted by Crippen LogP contribution is 2.27. The van der Waals surface area contributed by atoms with Gasteiger partial charge in [0, 0.05) is 16.6 Å². The quantitative estimate of drug-likeness (QED) is 0.829. The van der Waals surface area contributed by atoms with Crippen molar-refractivity contribution < 1.29 is 14.6 Å². The lowest BCUT2D eigenvalue weighted by Gasteiger charge is -2.32. The van der Waals surface area contributed by atoms with Crippen molar-refractivity contribution in [2.45, 2.75) is 32.5 Å². The highest BCUT2D eigenvalue weighted by molar-refractivity contribution is 6.33. The average Bonchev–Trinajstić information content (AvgIpc) is 2.58. The van der Waals surface area contributed by atoms with Crippen LogP contribution >= 0.6 is 23.2 Å². The Labute approximate surface area is 159 Å². The molecule has 138 valence electrons. The first-order valence-corrected chi connectivity index (χ1v) is 8.66. The van der Waals surface area contributed by atoms with Gasteiger partial charge in [0.1, 0.15) is 11.4 Å². The van der Waals surface area contributed by atoms with Crippen molar-refractivity contribution in [1.29, 1.82) is 0 Å². The van der Waals surface area contributed by atoms with E-state index in [4.69, 9.17) is 27.9 Å². The summed E-state index contributed by atoms with van der Waals surface area (Å²) in [6.07, 6.45) is 0. The Balaban J connectivity index is 1.91. The molecule has 0 spiro atoms. The number of aromatic hydroxyl groups is 1. The van der Waals surface area contributed by atoms with E-state index in [9.17, 15) is 14.7 Å². The fourth-order valence-electron chi connectivity index (χ4n) is 2.76. The van der Waals surface area contributed by atoms with E-state index in [1.165, 1.54) is 4.57 Å². The third-order valence-electron chi connectivity index (χ3n) is 4.12. The van der Waals surface area contributed by atoms with Gasteiger partial charge < -0.3 is 15.2 Å². The van der Waals surface area contributed by atoms with Crippen LogP contribution in [0.15, 0.2) is 23.0 Å². The summed E-state index contributed by atoms with van der Waals surface area (Å²) in [5.74, 6) is -1.10. The topological polar surface area (TPSA) is 93.5 Å². The van der Waals surface area contributed by atoms with Gasteiger partial charge in [0.05, 0.1) is 13.2 Å². The van der Waals surface area contributed by atoms with Crippen LogP contribution in [-0.2, 0) is 23.4 Å². The zero-order valence-electron chi connectivity index (χ0n) is 14.2. The number of nitrogens with zero attached hydrogens (tertiary/aromatic N) is 2. The lowest BCUT2D eigenvalue weighted by molar-refractivity contribution is -0.0566. The normalized spacial score (nSPS) is 15.4. The molecule has 2 heterocycles. The molecule has 2 N–H and O–H groups in total. The standard InChI is InChI=1S/C17H17Cl2N3O4/c1-17(2)16-21-12(13(23)15(25)22(16)5-6-26-17)14(24)20-8-9-7-10(18)3-4-11(9)19/h3-4,7,23H,5-6,8H2,1-2H3,(H,20,24). The molecule has 1 aromatic carbocycles. The molecule has 1 aliphatic rings. The lowest BCUT2D eigenvalue weighted by Crippen LogP contribution is -2.42. The van der Waals surface area contributed by atoms with E-state index in [2.05, 4.69) is 10.3 Å². The SMILES string of the molecule is CC1(C)OCCn2c1nc(C(=O)NCc1cc(Cl)ccc1Cl)c(O)c2=O. The molecule has 0 atom stereocenters. The zero-order chi connectivity index (χ0) is 19.1. The van der Waals surface area contributed by atoms with E-state index in [-0.39, 0.29) is 24.6 Å². The maximum absolute atomic E-state index is 12.5. The van der Waals surface area contributed by atoms with Crippen molar-refractivity contribution in [1.82, 2.24) is 14.9 Å². The van der Waals surface area contributed by atoms with Crippen LogP contribution in [0.5, 0.6) is 5.75 Å². The first-order valence-electron chi connectivity index (χ1n) is 7.91. The van der Waals surface area contributed by atoms with Gasteiger partial charge in [-0.15, -0.1) is 0 Å². The Morgan fingerprint density at radius 2 is 2.15 bits per heavy atom. The number of hydrogen-bond donors (Lipinski definition) is 2. The molecular weight excluding hydrogens is 381 g/mol. The Morgan fingerprint density at radius 3 is 2.88 bits per heavy atom. The first kappa shape index (κ1) is 18.7. The molecule has 0 saturated heterocycles. The van der Waals surface area contributed by atoms with Gasteiger partial charge in [-0.05, 0) is 37.6 Å². The van der Waals surface area contributed by atoms with Gasteiger partial charge in [-0.25, -0.2) is 4.98 Å². The molecule has 7 nitrogen and oxygen atoms in total. The molecule has 3 rings (SSSR count). The predicted octanol–water partition coefficient (Wildman–Crippen LogP) is 2.45. The van der Waals surface area contributed by atoms with Crippen LogP contribution in [0.25, 0.3) is 0 Å². The maximum atomic E-state index is 12.5. The van der Waals surface area contributed by atoms with Crippen molar-refractivity contribution in [2.75, 3.05) is 6.61 Å². The van der Waals surface area contributed by atoms with Gasteiger partial charge in [-0.3, -0.25) is 14.2 Å². The molecule has 26 heavy (non-hydrogen) atoms. The zero-order valence-corrected chi connectivity index (χ0v) is 15.7. The molecule has 9 heteroatoms. The van der Waals surface area contributed by atoms with Gasteiger partial charge in [-0.1, -0.05) is 23.2 Å². The molecule has 0 radical (unpaired) electrons. The fraction of sp³-hybridized carbons (Fsp3) is 0.353. The van der Waals surface area contributed by atoms with Crippen LogP contribution in [0, 0.1) is 0 Å². The Kier molecular flexibility index (Phi) is 4.96. The van der Waals surface area contributed by atoms with E-state index in [0.717, 1.165) is 0 Å². The Hall–Kier alpha value is -2.09. The van der Waals surface area contributed by atoms with Crippen LogP contribution in [0.3, 0.4) is 0 Å². The highest BCUT2D eigenvalue weighted by atomic mass is 35.5. The van der Waals surface area contributed by atoms with E-state index in [1.54, 1.807) is 32.0 Å². The number of benzene rings is 1. The number of fused-ring (bicyclic) bond motifs is 1. The first-order chi connectivity index (χ1) is 12.2. The number of rotatable bonds is 3. The number of ether oxygens (including phenoxy) is 1. The molecule has 0 unspecified atom stereocenters. The molecule has 0 saturated carbocycles. The van der Waals surface area contributed by atoms with E-state index in [0.29, 0.717) is 22.2 Å². The summed E-state index contributed by atoms with van der Waals surface area (Å²) in [6, 6.07) is 4.87. The smallest absolute Gasteiger partial charge is 0.296 e. The van der Waals surface area contributed by atoms with Gasteiger partial charge in [0.2, 0.25) is 5.75 Å². The minimum Gasteiger partial charge on any atom is -0.501 e. The van der Waals surface area contributed by atoms with Gasteiger partial charge in [0.15, 0.2) is 5.69 Å². The summed E-state index contributed by atoms with van der Waals surface area (Å²) in [5.41, 5.74) is -1.27. The number of amides is 1. The second-order valence-electron chi connectivity index (χ2n) is 6.37. The molecule has 1 amide bonds. The van der Waals surface area contributed by atoms with Crippen molar-refractivity contribution in [3.05, 3.63) is 55.7 Å². The Morgan fingerprint density at radius 1 is 1.42 bits per heavy atom. The van der Waals surface area contributed by atoms with Crippen molar-refractivity contribution in [3.8, 4) is 5.75 Å². The summed E-state index contributed by atoms with van der Waals surface area (Å²) in [5, 5.41) is 13.7. The summed E-state index contributed by atoms with van der Waals surface area (Å²) < 4.78 is 6.93. The lowest BCUT2D eigenvalue weighted by atomic mass is 10.1. The van der Waals surface area contributed by atoms with Gasteiger partial charge >= 0.3 is 0 Å². The molecule has 0 fully saturated rings. The number of halogens is 2. The molecular formula is C17H17Cl2N3O4. The van der Waals surface area contributed by atoms with Gasteiger partial charge in [-0.2, -0.15) is 0 Å². The maximum Gasteiger partial charge on any atom is 0.296 e. The average molecular weight is 398 g/mol. The second kappa shape index (κ2) is 6.90. The number of aromatic nitrogens is 2. The van der Waals surface area contributed by atoms with Crippen LogP contribution in [-0.4, -0.2) is 27.2 Å². The number of hydrogen-bond acceptors (Lipinski definition) is 5. The van der Waals surface area contributed by atoms with Crippen LogP contribution in [0.2, 0.25) is 10.0 Å². The van der Waals surface area contributed by atoms with E-state index >= 15 is 0 Å². The van der Waals surface area contributed by atoms with Crippen LogP contribution < -0.4 is 10.9 Å². The monoisotopic (exact) mass is 397 g/mol. The number of carbonyl (C=O) groups excluding carboxylic acids is 1.